The molecule has 0 aliphatic carbocycles. The second kappa shape index (κ2) is 9.03. The SMILES string of the molecule is [CH2]CC(Cc1ccc(N2CCOCC2)cc1)OCCOC. The Labute approximate surface area is 128 Å². The van der Waals surface area contributed by atoms with Gasteiger partial charge in [-0.1, -0.05) is 19.1 Å². The molecule has 1 aromatic carbocycles. The fraction of sp³-hybridized carbons (Fsp3) is 0.588. The quantitative estimate of drug-likeness (QED) is 0.688. The molecule has 1 radical (unpaired) electrons. The number of nitrogens with zero attached hydrogens (tertiary/aromatic N) is 1. The highest BCUT2D eigenvalue weighted by molar-refractivity contribution is 5.48. The molecule has 4 nitrogen and oxygen atoms in total. The standard InChI is InChI=1S/C17H26NO3/c1-3-17(21-13-12-19-2)14-15-4-6-16(7-5-15)18-8-10-20-11-9-18/h4-7,17H,1,3,8-14H2,2H3. The summed E-state index contributed by atoms with van der Waals surface area (Å²) in [6.45, 7) is 8.81. The Morgan fingerprint density at radius 3 is 2.52 bits per heavy atom. The van der Waals surface area contributed by atoms with Crippen LogP contribution in [0.15, 0.2) is 24.3 Å². The van der Waals surface area contributed by atoms with E-state index in [1.165, 1.54) is 11.3 Å². The molecule has 1 saturated heterocycles. The zero-order valence-electron chi connectivity index (χ0n) is 12.9. The van der Waals surface area contributed by atoms with Crippen molar-refractivity contribution in [1.82, 2.24) is 0 Å². The predicted molar refractivity (Wildman–Crippen MR) is 84.8 cm³/mol. The third-order valence-electron chi connectivity index (χ3n) is 3.74. The zero-order valence-corrected chi connectivity index (χ0v) is 12.9. The van der Waals surface area contributed by atoms with Crippen LogP contribution in [0.5, 0.6) is 0 Å². The lowest BCUT2D eigenvalue weighted by Crippen LogP contribution is -2.36. The third-order valence-corrected chi connectivity index (χ3v) is 3.74. The first kappa shape index (κ1) is 16.3. The number of hydrogen-bond donors (Lipinski definition) is 0. The molecular weight excluding hydrogens is 266 g/mol. The van der Waals surface area contributed by atoms with E-state index >= 15 is 0 Å². The van der Waals surface area contributed by atoms with Gasteiger partial charge < -0.3 is 19.1 Å². The maximum atomic E-state index is 5.77. The van der Waals surface area contributed by atoms with Crippen molar-refractivity contribution in [3.8, 4) is 0 Å². The predicted octanol–water partition coefficient (Wildman–Crippen LogP) is 2.32. The highest BCUT2D eigenvalue weighted by Gasteiger charge is 2.12. The van der Waals surface area contributed by atoms with Crippen LogP contribution in [-0.4, -0.2) is 52.7 Å². The fourth-order valence-corrected chi connectivity index (χ4v) is 2.47. The van der Waals surface area contributed by atoms with Crippen LogP contribution in [0.25, 0.3) is 0 Å². The maximum Gasteiger partial charge on any atom is 0.0704 e. The summed E-state index contributed by atoms with van der Waals surface area (Å²) in [6, 6.07) is 8.76. The Morgan fingerprint density at radius 2 is 1.90 bits per heavy atom. The highest BCUT2D eigenvalue weighted by Crippen LogP contribution is 2.18. The van der Waals surface area contributed by atoms with Gasteiger partial charge in [0.15, 0.2) is 0 Å². The first-order valence-corrected chi connectivity index (χ1v) is 7.65. The van der Waals surface area contributed by atoms with E-state index in [-0.39, 0.29) is 6.10 Å². The Bertz CT molecular complexity index is 388. The first-order valence-electron chi connectivity index (χ1n) is 7.65. The Morgan fingerprint density at radius 1 is 1.19 bits per heavy atom. The van der Waals surface area contributed by atoms with Crippen LogP contribution in [0.1, 0.15) is 12.0 Å². The Kier molecular flexibility index (Phi) is 7.00. The van der Waals surface area contributed by atoms with Crippen molar-refractivity contribution in [2.75, 3.05) is 51.5 Å². The summed E-state index contributed by atoms with van der Waals surface area (Å²) in [5.74, 6) is 0. The van der Waals surface area contributed by atoms with Gasteiger partial charge in [0.05, 0.1) is 32.5 Å². The van der Waals surface area contributed by atoms with Crippen LogP contribution in [0, 0.1) is 6.92 Å². The van der Waals surface area contributed by atoms with E-state index in [9.17, 15) is 0 Å². The number of anilines is 1. The molecule has 117 valence electrons. The van der Waals surface area contributed by atoms with Crippen LogP contribution in [0.2, 0.25) is 0 Å². The Balaban J connectivity index is 1.85. The summed E-state index contributed by atoms with van der Waals surface area (Å²) < 4.78 is 16.2. The summed E-state index contributed by atoms with van der Waals surface area (Å²) in [7, 11) is 1.69. The van der Waals surface area contributed by atoms with Gasteiger partial charge >= 0.3 is 0 Å². The zero-order chi connectivity index (χ0) is 14.9. The van der Waals surface area contributed by atoms with Crippen LogP contribution < -0.4 is 4.90 Å². The van der Waals surface area contributed by atoms with Crippen molar-refractivity contribution in [3.63, 3.8) is 0 Å². The molecule has 1 aliphatic rings. The van der Waals surface area contributed by atoms with E-state index in [1.54, 1.807) is 7.11 Å². The van der Waals surface area contributed by atoms with E-state index in [1.807, 2.05) is 0 Å². The molecule has 1 aliphatic heterocycles. The number of hydrogen-bond acceptors (Lipinski definition) is 4. The summed E-state index contributed by atoms with van der Waals surface area (Å²) in [5, 5.41) is 0. The molecule has 0 saturated carbocycles. The number of morpholine rings is 1. The topological polar surface area (TPSA) is 30.9 Å². The average Bonchev–Trinajstić information content (AvgIpc) is 2.55. The van der Waals surface area contributed by atoms with Crippen molar-refractivity contribution in [3.05, 3.63) is 36.8 Å². The monoisotopic (exact) mass is 292 g/mol. The molecule has 1 unspecified atom stereocenters. The molecular formula is C17H26NO3. The minimum Gasteiger partial charge on any atom is -0.382 e. The fourth-order valence-electron chi connectivity index (χ4n) is 2.47. The second-order valence-electron chi connectivity index (χ2n) is 5.24. The largest absolute Gasteiger partial charge is 0.382 e. The molecule has 2 rings (SSSR count). The van der Waals surface area contributed by atoms with E-state index in [0.29, 0.717) is 13.2 Å². The van der Waals surface area contributed by atoms with Gasteiger partial charge in [-0.15, -0.1) is 0 Å². The van der Waals surface area contributed by atoms with E-state index in [4.69, 9.17) is 14.2 Å². The highest BCUT2D eigenvalue weighted by atomic mass is 16.5. The molecule has 0 N–H and O–H groups in total. The van der Waals surface area contributed by atoms with E-state index < -0.39 is 0 Å². The van der Waals surface area contributed by atoms with Crippen molar-refractivity contribution < 1.29 is 14.2 Å². The van der Waals surface area contributed by atoms with Gasteiger partial charge in [0.2, 0.25) is 0 Å². The summed E-state index contributed by atoms with van der Waals surface area (Å²) in [5.41, 5.74) is 2.56. The van der Waals surface area contributed by atoms with Crippen LogP contribution >= 0.6 is 0 Å². The minimum atomic E-state index is 0.161. The van der Waals surface area contributed by atoms with E-state index in [0.717, 1.165) is 39.1 Å². The van der Waals surface area contributed by atoms with Crippen LogP contribution in [0.4, 0.5) is 5.69 Å². The first-order chi connectivity index (χ1) is 10.3. The lowest BCUT2D eigenvalue weighted by Gasteiger charge is -2.29. The molecule has 0 aromatic heterocycles. The number of ether oxygens (including phenoxy) is 3. The lowest BCUT2D eigenvalue weighted by molar-refractivity contribution is 0.0188. The van der Waals surface area contributed by atoms with Gasteiger partial charge in [-0.3, -0.25) is 0 Å². The molecule has 1 atom stereocenters. The summed E-state index contributed by atoms with van der Waals surface area (Å²) in [6.07, 6.45) is 1.83. The molecule has 1 aromatic rings. The van der Waals surface area contributed by atoms with Crippen molar-refractivity contribution in [2.45, 2.75) is 18.9 Å². The molecule has 0 amide bonds. The summed E-state index contributed by atoms with van der Waals surface area (Å²) in [4.78, 5) is 2.36. The molecule has 1 fully saturated rings. The average molecular weight is 292 g/mol. The molecule has 0 spiro atoms. The number of methoxy groups -OCH3 is 1. The van der Waals surface area contributed by atoms with Gasteiger partial charge in [0, 0.05) is 25.9 Å². The van der Waals surface area contributed by atoms with Gasteiger partial charge in [0.25, 0.3) is 0 Å². The smallest absolute Gasteiger partial charge is 0.0704 e. The molecule has 1 heterocycles. The van der Waals surface area contributed by atoms with Crippen molar-refractivity contribution in [1.29, 1.82) is 0 Å². The normalized spacial score (nSPS) is 17.0. The molecule has 4 heteroatoms. The minimum absolute atomic E-state index is 0.161. The summed E-state index contributed by atoms with van der Waals surface area (Å²) >= 11 is 0. The van der Waals surface area contributed by atoms with Crippen molar-refractivity contribution >= 4 is 5.69 Å². The lowest BCUT2D eigenvalue weighted by atomic mass is 10.1. The van der Waals surface area contributed by atoms with Gasteiger partial charge in [0.1, 0.15) is 0 Å². The Hall–Kier alpha value is -1.10. The third kappa shape index (κ3) is 5.30. The maximum absolute atomic E-state index is 5.77. The van der Waals surface area contributed by atoms with E-state index in [2.05, 4.69) is 36.1 Å². The number of benzene rings is 1. The van der Waals surface area contributed by atoms with Crippen molar-refractivity contribution in [2.24, 2.45) is 0 Å². The number of rotatable bonds is 8. The molecule has 21 heavy (non-hydrogen) atoms. The van der Waals surface area contributed by atoms with Gasteiger partial charge in [-0.2, -0.15) is 0 Å². The second-order valence-corrected chi connectivity index (χ2v) is 5.24. The van der Waals surface area contributed by atoms with Gasteiger partial charge in [-0.05, 0) is 30.5 Å². The van der Waals surface area contributed by atoms with Gasteiger partial charge in [-0.25, -0.2) is 0 Å². The molecule has 0 bridgehead atoms. The van der Waals surface area contributed by atoms with Crippen LogP contribution in [0.3, 0.4) is 0 Å². The van der Waals surface area contributed by atoms with Crippen LogP contribution in [-0.2, 0) is 20.6 Å².